The smallest absolute Gasteiger partial charge is 0.243 e. The molecule has 0 spiro atoms. The summed E-state index contributed by atoms with van der Waals surface area (Å²) in [7, 11) is 0. The number of rotatable bonds is 4. The first-order valence-electron chi connectivity index (χ1n) is 5.62. The number of benzene rings is 1. The summed E-state index contributed by atoms with van der Waals surface area (Å²) >= 11 is 5.81. The largest absolute Gasteiger partial charge is 0.350 e. The highest BCUT2D eigenvalue weighted by atomic mass is 35.5. The van der Waals surface area contributed by atoms with Gasteiger partial charge in [-0.05, 0) is 25.0 Å². The van der Waals surface area contributed by atoms with Gasteiger partial charge in [-0.1, -0.05) is 19.1 Å². The third-order valence-corrected chi connectivity index (χ3v) is 3.30. The predicted molar refractivity (Wildman–Crippen MR) is 70.3 cm³/mol. The van der Waals surface area contributed by atoms with Crippen molar-refractivity contribution in [3.05, 3.63) is 24.3 Å². The zero-order valence-corrected chi connectivity index (χ0v) is 10.6. The van der Waals surface area contributed by atoms with Crippen LogP contribution in [0.5, 0.6) is 0 Å². The van der Waals surface area contributed by atoms with Crippen LogP contribution >= 0.6 is 11.6 Å². The van der Waals surface area contributed by atoms with Crippen molar-refractivity contribution in [1.82, 2.24) is 15.2 Å². The molecule has 0 bridgehead atoms. The first kappa shape index (κ1) is 12.0. The summed E-state index contributed by atoms with van der Waals surface area (Å²) in [6, 6.07) is 7.89. The van der Waals surface area contributed by atoms with Gasteiger partial charge in [0.15, 0.2) is 0 Å². The molecule has 0 aliphatic carbocycles. The highest BCUT2D eigenvalue weighted by molar-refractivity contribution is 6.18. The zero-order chi connectivity index (χ0) is 12.3. The lowest BCUT2D eigenvalue weighted by Crippen LogP contribution is -2.26. The Labute approximate surface area is 105 Å². The summed E-state index contributed by atoms with van der Waals surface area (Å²) < 4.78 is 0. The molecule has 0 aliphatic heterocycles. The fourth-order valence-corrected chi connectivity index (χ4v) is 1.69. The minimum atomic E-state index is 0.218. The van der Waals surface area contributed by atoms with Gasteiger partial charge in [0, 0.05) is 11.9 Å². The van der Waals surface area contributed by atoms with E-state index >= 15 is 0 Å². The van der Waals surface area contributed by atoms with Gasteiger partial charge >= 0.3 is 0 Å². The SMILES string of the molecule is CC(CCl)C(C)Nc1nnc2ccccc2n1. The second-order valence-corrected chi connectivity index (χ2v) is 4.50. The molecule has 0 saturated carbocycles. The summed E-state index contributed by atoms with van der Waals surface area (Å²) in [5.41, 5.74) is 1.65. The van der Waals surface area contributed by atoms with Crippen molar-refractivity contribution in [1.29, 1.82) is 0 Å². The topological polar surface area (TPSA) is 50.7 Å². The number of hydrogen-bond donors (Lipinski definition) is 1. The Balaban J connectivity index is 2.19. The maximum atomic E-state index is 5.81. The number of anilines is 1. The molecule has 2 rings (SSSR count). The van der Waals surface area contributed by atoms with Gasteiger partial charge in [0.2, 0.25) is 5.95 Å². The molecule has 4 nitrogen and oxygen atoms in total. The standard InChI is InChI=1S/C12H15ClN4/c1-8(7-13)9(2)14-12-15-10-5-3-4-6-11(10)16-17-12/h3-6,8-9H,7H2,1-2H3,(H,14,15,17). The Morgan fingerprint density at radius 2 is 1.88 bits per heavy atom. The van der Waals surface area contributed by atoms with Gasteiger partial charge in [-0.3, -0.25) is 0 Å². The highest BCUT2D eigenvalue weighted by Crippen LogP contribution is 2.12. The molecule has 17 heavy (non-hydrogen) atoms. The number of para-hydroxylation sites is 1. The van der Waals surface area contributed by atoms with Crippen LogP contribution in [-0.4, -0.2) is 27.1 Å². The molecule has 2 aromatic rings. The Hall–Kier alpha value is -1.42. The zero-order valence-electron chi connectivity index (χ0n) is 9.89. The normalized spacial score (nSPS) is 14.5. The summed E-state index contributed by atoms with van der Waals surface area (Å²) in [4.78, 5) is 4.40. The molecular formula is C12H15ClN4. The van der Waals surface area contributed by atoms with Crippen molar-refractivity contribution in [2.45, 2.75) is 19.9 Å². The van der Waals surface area contributed by atoms with E-state index < -0.39 is 0 Å². The van der Waals surface area contributed by atoms with E-state index in [4.69, 9.17) is 11.6 Å². The van der Waals surface area contributed by atoms with Gasteiger partial charge in [-0.15, -0.1) is 21.8 Å². The molecule has 1 N–H and O–H groups in total. The van der Waals surface area contributed by atoms with Crippen LogP contribution in [0.2, 0.25) is 0 Å². The average molecular weight is 251 g/mol. The fraction of sp³-hybridized carbons (Fsp3) is 0.417. The third kappa shape index (κ3) is 2.82. The van der Waals surface area contributed by atoms with E-state index in [9.17, 15) is 0 Å². The molecule has 0 radical (unpaired) electrons. The third-order valence-electron chi connectivity index (χ3n) is 2.81. The minimum Gasteiger partial charge on any atom is -0.350 e. The van der Waals surface area contributed by atoms with Crippen molar-refractivity contribution in [3.63, 3.8) is 0 Å². The van der Waals surface area contributed by atoms with E-state index in [0.29, 0.717) is 17.7 Å². The van der Waals surface area contributed by atoms with E-state index in [2.05, 4.69) is 34.3 Å². The predicted octanol–water partition coefficient (Wildman–Crippen LogP) is 2.70. The maximum absolute atomic E-state index is 5.81. The molecule has 2 unspecified atom stereocenters. The monoisotopic (exact) mass is 250 g/mol. The Kier molecular flexibility index (Phi) is 3.74. The molecule has 1 aromatic heterocycles. The summed E-state index contributed by atoms with van der Waals surface area (Å²) in [5.74, 6) is 1.51. The first-order chi connectivity index (χ1) is 8.20. The maximum Gasteiger partial charge on any atom is 0.243 e. The minimum absolute atomic E-state index is 0.218. The number of halogens is 1. The van der Waals surface area contributed by atoms with Crippen LogP contribution in [0.25, 0.3) is 11.0 Å². The fourth-order valence-electron chi connectivity index (χ4n) is 1.42. The van der Waals surface area contributed by atoms with E-state index in [-0.39, 0.29) is 6.04 Å². The van der Waals surface area contributed by atoms with E-state index in [1.165, 1.54) is 0 Å². The van der Waals surface area contributed by atoms with Gasteiger partial charge in [-0.25, -0.2) is 4.98 Å². The number of hydrogen-bond acceptors (Lipinski definition) is 4. The molecule has 5 heteroatoms. The van der Waals surface area contributed by atoms with Crippen molar-refractivity contribution in [2.24, 2.45) is 5.92 Å². The van der Waals surface area contributed by atoms with Crippen molar-refractivity contribution < 1.29 is 0 Å². The van der Waals surface area contributed by atoms with Gasteiger partial charge in [-0.2, -0.15) is 0 Å². The van der Waals surface area contributed by atoms with Gasteiger partial charge in [0.1, 0.15) is 5.52 Å². The summed E-state index contributed by atoms with van der Waals surface area (Å²) in [6.07, 6.45) is 0. The molecule has 0 amide bonds. The van der Waals surface area contributed by atoms with Gasteiger partial charge in [0.25, 0.3) is 0 Å². The van der Waals surface area contributed by atoms with E-state index in [1.54, 1.807) is 0 Å². The molecule has 0 saturated heterocycles. The second-order valence-electron chi connectivity index (χ2n) is 4.19. The Morgan fingerprint density at radius 1 is 1.18 bits per heavy atom. The molecular weight excluding hydrogens is 236 g/mol. The second kappa shape index (κ2) is 5.27. The summed E-state index contributed by atoms with van der Waals surface area (Å²) in [5, 5.41) is 11.4. The van der Waals surface area contributed by atoms with Crippen molar-refractivity contribution in [3.8, 4) is 0 Å². The van der Waals surface area contributed by atoms with Crippen LogP contribution in [0.4, 0.5) is 5.95 Å². The highest BCUT2D eigenvalue weighted by Gasteiger charge is 2.12. The van der Waals surface area contributed by atoms with Crippen LogP contribution in [0, 0.1) is 5.92 Å². The van der Waals surface area contributed by atoms with Gasteiger partial charge < -0.3 is 5.32 Å². The molecule has 90 valence electrons. The lowest BCUT2D eigenvalue weighted by molar-refractivity contribution is 0.561. The summed E-state index contributed by atoms with van der Waals surface area (Å²) in [6.45, 7) is 4.14. The number of fused-ring (bicyclic) bond motifs is 1. The lowest BCUT2D eigenvalue weighted by Gasteiger charge is -2.18. The van der Waals surface area contributed by atoms with E-state index in [0.717, 1.165) is 11.0 Å². The number of nitrogens with zero attached hydrogens (tertiary/aromatic N) is 3. The molecule has 0 fully saturated rings. The van der Waals surface area contributed by atoms with Crippen LogP contribution in [0.3, 0.4) is 0 Å². The van der Waals surface area contributed by atoms with Crippen molar-refractivity contribution in [2.75, 3.05) is 11.2 Å². The van der Waals surface area contributed by atoms with Gasteiger partial charge in [0.05, 0.1) is 5.52 Å². The molecule has 1 heterocycles. The number of nitrogens with one attached hydrogen (secondary N) is 1. The molecule has 0 aliphatic rings. The molecule has 2 atom stereocenters. The Bertz CT molecular complexity index is 503. The first-order valence-corrected chi connectivity index (χ1v) is 6.16. The quantitative estimate of drug-likeness (QED) is 0.848. The molecule has 1 aromatic carbocycles. The van der Waals surface area contributed by atoms with Crippen molar-refractivity contribution >= 4 is 28.6 Å². The Morgan fingerprint density at radius 3 is 2.59 bits per heavy atom. The average Bonchev–Trinajstić information content (AvgIpc) is 2.37. The lowest BCUT2D eigenvalue weighted by atomic mass is 10.1. The van der Waals surface area contributed by atoms with Crippen LogP contribution in [-0.2, 0) is 0 Å². The van der Waals surface area contributed by atoms with Crippen LogP contribution < -0.4 is 5.32 Å². The number of alkyl halides is 1. The van der Waals surface area contributed by atoms with Crippen LogP contribution in [0.15, 0.2) is 24.3 Å². The van der Waals surface area contributed by atoms with Crippen LogP contribution in [0.1, 0.15) is 13.8 Å². The van der Waals surface area contributed by atoms with E-state index in [1.807, 2.05) is 24.3 Å². The number of aromatic nitrogens is 3.